The van der Waals surface area contributed by atoms with E-state index in [0.717, 1.165) is 30.7 Å². The normalized spacial score (nSPS) is 20.0. The van der Waals surface area contributed by atoms with E-state index in [4.69, 9.17) is 4.74 Å². The van der Waals surface area contributed by atoms with Crippen molar-refractivity contribution in [3.8, 4) is 5.75 Å². The first-order valence-corrected chi connectivity index (χ1v) is 9.66. The molecule has 1 heterocycles. The molecule has 140 valence electrons. The fourth-order valence-corrected chi connectivity index (χ4v) is 3.64. The van der Waals surface area contributed by atoms with E-state index in [1.54, 1.807) is 4.90 Å². The summed E-state index contributed by atoms with van der Waals surface area (Å²) >= 11 is 0. The first-order chi connectivity index (χ1) is 12.7. The number of benzene rings is 1. The number of rotatable bonds is 7. The highest BCUT2D eigenvalue weighted by atomic mass is 16.5. The van der Waals surface area contributed by atoms with Gasteiger partial charge in [-0.1, -0.05) is 11.6 Å². The zero-order chi connectivity index (χ0) is 18.4. The van der Waals surface area contributed by atoms with Crippen LogP contribution in [0.3, 0.4) is 0 Å². The summed E-state index contributed by atoms with van der Waals surface area (Å²) < 4.78 is 5.43. The van der Waals surface area contributed by atoms with Gasteiger partial charge in [-0.15, -0.1) is 0 Å². The van der Waals surface area contributed by atoms with Gasteiger partial charge < -0.3 is 15.0 Å². The second kappa shape index (κ2) is 8.88. The maximum atomic E-state index is 12.4. The summed E-state index contributed by atoms with van der Waals surface area (Å²) in [5.41, 5.74) is 2.27. The van der Waals surface area contributed by atoms with E-state index in [9.17, 15) is 9.59 Å². The number of carbonyl (C=O) groups excluding carboxylic acids is 2. The van der Waals surface area contributed by atoms with Gasteiger partial charge in [-0.25, -0.2) is 0 Å². The lowest BCUT2D eigenvalue weighted by molar-refractivity contribution is -0.126. The van der Waals surface area contributed by atoms with Gasteiger partial charge in [0.05, 0.1) is 12.5 Å². The zero-order valence-electron chi connectivity index (χ0n) is 15.5. The maximum Gasteiger partial charge on any atom is 0.227 e. The third-order valence-electron chi connectivity index (χ3n) is 5.09. The van der Waals surface area contributed by atoms with Crippen molar-refractivity contribution in [3.63, 3.8) is 0 Å². The number of nitrogens with zero attached hydrogens (tertiary/aromatic N) is 1. The smallest absolute Gasteiger partial charge is 0.227 e. The number of carbonyl (C=O) groups is 2. The highest BCUT2D eigenvalue weighted by Gasteiger charge is 2.34. The second-order valence-corrected chi connectivity index (χ2v) is 6.98. The monoisotopic (exact) mass is 356 g/mol. The number of hydrogen-bond acceptors (Lipinski definition) is 3. The van der Waals surface area contributed by atoms with Gasteiger partial charge in [-0.3, -0.25) is 9.59 Å². The second-order valence-electron chi connectivity index (χ2n) is 6.98. The predicted octanol–water partition coefficient (Wildman–Crippen LogP) is 3.44. The van der Waals surface area contributed by atoms with Crippen LogP contribution in [0.5, 0.6) is 5.75 Å². The van der Waals surface area contributed by atoms with Crippen LogP contribution in [0.1, 0.15) is 45.4 Å². The molecular weight excluding hydrogens is 328 g/mol. The standard InChI is InChI=1S/C21H28N2O3/c1-2-26-19-10-8-18(9-11-19)23-15-17(14-20(23)24)21(25)22-13-12-16-6-4-3-5-7-16/h6,8-11,17H,2-5,7,12-15H2,1H3,(H,22,25)/t17-/m1/s1. The molecule has 0 bridgehead atoms. The Kier molecular flexibility index (Phi) is 6.31. The van der Waals surface area contributed by atoms with Crippen LogP contribution in [0.2, 0.25) is 0 Å². The van der Waals surface area contributed by atoms with Crippen LogP contribution >= 0.6 is 0 Å². The number of anilines is 1. The molecule has 1 fully saturated rings. The van der Waals surface area contributed by atoms with Gasteiger partial charge in [-0.2, -0.15) is 0 Å². The first kappa shape index (κ1) is 18.5. The Bertz CT molecular complexity index is 666. The molecule has 2 aliphatic rings. The Morgan fingerprint density at radius 3 is 2.77 bits per heavy atom. The van der Waals surface area contributed by atoms with E-state index in [1.807, 2.05) is 31.2 Å². The molecule has 1 aromatic rings. The van der Waals surface area contributed by atoms with Crippen molar-refractivity contribution in [2.75, 3.05) is 24.6 Å². The van der Waals surface area contributed by atoms with Crippen LogP contribution in [0.25, 0.3) is 0 Å². The highest BCUT2D eigenvalue weighted by Crippen LogP contribution is 2.27. The van der Waals surface area contributed by atoms with Crippen LogP contribution in [-0.2, 0) is 9.59 Å². The molecule has 1 saturated heterocycles. The quantitative estimate of drug-likeness (QED) is 0.761. The lowest BCUT2D eigenvalue weighted by Gasteiger charge is -2.17. The Hall–Kier alpha value is -2.30. The minimum absolute atomic E-state index is 0.00398. The third-order valence-corrected chi connectivity index (χ3v) is 5.09. The van der Waals surface area contributed by atoms with Crippen molar-refractivity contribution in [3.05, 3.63) is 35.9 Å². The topological polar surface area (TPSA) is 58.6 Å². The molecule has 0 aromatic heterocycles. The lowest BCUT2D eigenvalue weighted by Crippen LogP contribution is -2.33. The molecule has 26 heavy (non-hydrogen) atoms. The van der Waals surface area contributed by atoms with Crippen LogP contribution in [0.4, 0.5) is 5.69 Å². The van der Waals surface area contributed by atoms with E-state index in [1.165, 1.54) is 18.4 Å². The Balaban J connectivity index is 1.50. The Morgan fingerprint density at radius 1 is 1.27 bits per heavy atom. The lowest BCUT2D eigenvalue weighted by atomic mass is 9.97. The predicted molar refractivity (Wildman–Crippen MR) is 102 cm³/mol. The van der Waals surface area contributed by atoms with Crippen molar-refractivity contribution in [1.29, 1.82) is 0 Å². The fraction of sp³-hybridized carbons (Fsp3) is 0.524. The molecule has 0 radical (unpaired) electrons. The molecule has 0 spiro atoms. The summed E-state index contributed by atoms with van der Waals surface area (Å²) in [6, 6.07) is 7.46. The number of allylic oxidation sites excluding steroid dienone is 1. The summed E-state index contributed by atoms with van der Waals surface area (Å²) in [6.45, 7) is 3.66. The van der Waals surface area contributed by atoms with Gasteiger partial charge in [-0.05, 0) is 63.3 Å². The first-order valence-electron chi connectivity index (χ1n) is 9.66. The maximum absolute atomic E-state index is 12.4. The van der Waals surface area contributed by atoms with Gasteiger partial charge >= 0.3 is 0 Å². The molecule has 1 N–H and O–H groups in total. The molecule has 0 unspecified atom stereocenters. The van der Waals surface area contributed by atoms with Gasteiger partial charge in [0.25, 0.3) is 0 Å². The van der Waals surface area contributed by atoms with E-state index >= 15 is 0 Å². The summed E-state index contributed by atoms with van der Waals surface area (Å²) in [4.78, 5) is 26.4. The fourth-order valence-electron chi connectivity index (χ4n) is 3.64. The molecule has 1 atom stereocenters. The number of amides is 2. The van der Waals surface area contributed by atoms with Gasteiger partial charge in [0, 0.05) is 25.2 Å². The summed E-state index contributed by atoms with van der Waals surface area (Å²) in [7, 11) is 0. The van der Waals surface area contributed by atoms with Crippen molar-refractivity contribution in [1.82, 2.24) is 5.32 Å². The van der Waals surface area contributed by atoms with Gasteiger partial charge in [0.15, 0.2) is 0 Å². The summed E-state index contributed by atoms with van der Waals surface area (Å²) in [6.07, 6.45) is 8.37. The van der Waals surface area contributed by atoms with Crippen molar-refractivity contribution < 1.29 is 14.3 Å². The molecule has 5 nitrogen and oxygen atoms in total. The molecule has 1 aliphatic heterocycles. The molecule has 5 heteroatoms. The van der Waals surface area contributed by atoms with Gasteiger partial charge in [0.2, 0.25) is 11.8 Å². The van der Waals surface area contributed by atoms with Crippen LogP contribution in [0.15, 0.2) is 35.9 Å². The van der Waals surface area contributed by atoms with Crippen LogP contribution in [-0.4, -0.2) is 31.5 Å². The van der Waals surface area contributed by atoms with E-state index in [2.05, 4.69) is 11.4 Å². The molecule has 3 rings (SSSR count). The SMILES string of the molecule is CCOc1ccc(N2C[C@H](C(=O)NCCC3=CCCCC3)CC2=O)cc1. The Morgan fingerprint density at radius 2 is 2.08 bits per heavy atom. The van der Waals surface area contributed by atoms with Gasteiger partial charge in [0.1, 0.15) is 5.75 Å². The van der Waals surface area contributed by atoms with E-state index in [-0.39, 0.29) is 24.2 Å². The number of hydrogen-bond donors (Lipinski definition) is 1. The van der Waals surface area contributed by atoms with E-state index < -0.39 is 0 Å². The summed E-state index contributed by atoms with van der Waals surface area (Å²) in [5.74, 6) is 0.510. The van der Waals surface area contributed by atoms with Crippen molar-refractivity contribution in [2.24, 2.45) is 5.92 Å². The highest BCUT2D eigenvalue weighted by molar-refractivity contribution is 6.00. The molecule has 2 amide bonds. The molecule has 0 saturated carbocycles. The largest absolute Gasteiger partial charge is 0.494 e. The number of nitrogens with one attached hydrogen (secondary N) is 1. The van der Waals surface area contributed by atoms with Crippen molar-refractivity contribution >= 4 is 17.5 Å². The van der Waals surface area contributed by atoms with E-state index in [0.29, 0.717) is 19.7 Å². The zero-order valence-corrected chi connectivity index (χ0v) is 15.5. The average Bonchev–Trinajstić information content (AvgIpc) is 3.05. The summed E-state index contributed by atoms with van der Waals surface area (Å²) in [5, 5.41) is 3.01. The minimum atomic E-state index is -0.269. The third kappa shape index (κ3) is 4.65. The average molecular weight is 356 g/mol. The van der Waals surface area contributed by atoms with Crippen LogP contribution in [0, 0.1) is 5.92 Å². The Labute approximate surface area is 155 Å². The molecule has 1 aliphatic carbocycles. The van der Waals surface area contributed by atoms with Crippen molar-refractivity contribution in [2.45, 2.75) is 45.4 Å². The molecule has 1 aromatic carbocycles. The van der Waals surface area contributed by atoms with Crippen LogP contribution < -0.4 is 15.0 Å². The number of ether oxygens (including phenoxy) is 1. The molecular formula is C21H28N2O3. The minimum Gasteiger partial charge on any atom is -0.494 e.